The molecule has 1 aromatic carbocycles. The van der Waals surface area contributed by atoms with E-state index in [9.17, 15) is 4.39 Å². The van der Waals surface area contributed by atoms with Crippen LogP contribution in [0.4, 0.5) is 4.39 Å². The van der Waals surface area contributed by atoms with E-state index in [-0.39, 0.29) is 29.8 Å². The molecule has 0 aliphatic rings. The first kappa shape index (κ1) is 21.1. The number of guanidine groups is 1. The topological polar surface area (TPSA) is 82.9 Å². The zero-order chi connectivity index (χ0) is 18.4. The highest BCUT2D eigenvalue weighted by Crippen LogP contribution is 2.19. The molecule has 0 spiro atoms. The van der Waals surface area contributed by atoms with Crippen LogP contribution in [0.3, 0.4) is 0 Å². The molecule has 0 aliphatic heterocycles. The van der Waals surface area contributed by atoms with Crippen molar-refractivity contribution in [3.8, 4) is 0 Å². The van der Waals surface area contributed by atoms with Crippen LogP contribution < -0.4 is 10.6 Å². The van der Waals surface area contributed by atoms with Crippen molar-refractivity contribution in [1.82, 2.24) is 30.4 Å². The van der Waals surface area contributed by atoms with E-state index in [1.54, 1.807) is 6.33 Å². The molecular weight excluding hydrogens is 460 g/mol. The van der Waals surface area contributed by atoms with Crippen molar-refractivity contribution in [2.24, 2.45) is 4.99 Å². The van der Waals surface area contributed by atoms with Crippen LogP contribution in [-0.2, 0) is 19.5 Å². The molecule has 0 aliphatic carbocycles. The van der Waals surface area contributed by atoms with Crippen LogP contribution in [0.2, 0.25) is 0 Å². The number of aliphatic imine (C=N–C) groups is 1. The van der Waals surface area contributed by atoms with Gasteiger partial charge in [-0.2, -0.15) is 0 Å². The van der Waals surface area contributed by atoms with Crippen LogP contribution in [0.25, 0.3) is 10.9 Å². The maximum atomic E-state index is 13.3. The second-order valence-electron chi connectivity index (χ2n) is 5.91. The molecule has 2 aromatic heterocycles. The number of hydrogen-bond donors (Lipinski definition) is 3. The molecule has 0 radical (unpaired) electrons. The van der Waals surface area contributed by atoms with Crippen molar-refractivity contribution in [3.05, 3.63) is 47.9 Å². The molecule has 3 N–H and O–H groups in total. The van der Waals surface area contributed by atoms with E-state index >= 15 is 0 Å². The molecule has 0 saturated heterocycles. The number of fused-ring (bicyclic) bond motifs is 1. The van der Waals surface area contributed by atoms with Crippen molar-refractivity contribution in [3.63, 3.8) is 0 Å². The van der Waals surface area contributed by atoms with Gasteiger partial charge in [0.1, 0.15) is 18.7 Å². The Balaban J connectivity index is 0.00000261. The average molecular weight is 485 g/mol. The number of nitrogens with one attached hydrogen (secondary N) is 3. The third kappa shape index (κ3) is 5.41. The number of nitrogens with zero attached hydrogens (tertiary/aromatic N) is 4. The fourth-order valence-corrected chi connectivity index (χ4v) is 2.84. The van der Waals surface area contributed by atoms with Gasteiger partial charge >= 0.3 is 0 Å². The van der Waals surface area contributed by atoms with E-state index in [0.29, 0.717) is 6.54 Å². The third-order valence-electron chi connectivity index (χ3n) is 4.18. The van der Waals surface area contributed by atoms with Crippen molar-refractivity contribution in [2.75, 3.05) is 13.1 Å². The van der Waals surface area contributed by atoms with Gasteiger partial charge in [0.15, 0.2) is 11.8 Å². The molecule has 7 nitrogen and oxygen atoms in total. The average Bonchev–Trinajstić information content (AvgIpc) is 3.25. The lowest BCUT2D eigenvalue weighted by Gasteiger charge is -2.11. The third-order valence-corrected chi connectivity index (χ3v) is 4.18. The van der Waals surface area contributed by atoms with E-state index in [4.69, 9.17) is 0 Å². The van der Waals surface area contributed by atoms with Gasteiger partial charge in [-0.15, -0.1) is 34.2 Å². The summed E-state index contributed by atoms with van der Waals surface area (Å²) in [4.78, 5) is 7.69. The summed E-state index contributed by atoms with van der Waals surface area (Å²) < 4.78 is 15.2. The minimum Gasteiger partial charge on any atom is -0.361 e. The van der Waals surface area contributed by atoms with Crippen LogP contribution in [0.1, 0.15) is 25.2 Å². The fourth-order valence-electron chi connectivity index (χ4n) is 2.84. The SMILES string of the molecule is CCNC(=NCc1nncn1CC)NCCc1c[nH]c2cc(F)ccc12.I. The Labute approximate surface area is 174 Å². The summed E-state index contributed by atoms with van der Waals surface area (Å²) in [5.41, 5.74) is 1.97. The highest BCUT2D eigenvalue weighted by Gasteiger charge is 2.06. The first-order chi connectivity index (χ1) is 12.7. The molecule has 0 saturated carbocycles. The van der Waals surface area contributed by atoms with Crippen LogP contribution in [0.15, 0.2) is 35.7 Å². The number of rotatable bonds is 7. The molecule has 0 bridgehead atoms. The zero-order valence-corrected chi connectivity index (χ0v) is 17.8. The summed E-state index contributed by atoms with van der Waals surface area (Å²) in [5, 5.41) is 15.6. The normalized spacial score (nSPS) is 11.4. The van der Waals surface area contributed by atoms with Crippen LogP contribution in [0, 0.1) is 5.82 Å². The minimum atomic E-state index is -0.231. The number of hydrogen-bond acceptors (Lipinski definition) is 3. The van der Waals surface area contributed by atoms with Gasteiger partial charge in [0, 0.05) is 36.7 Å². The minimum absolute atomic E-state index is 0. The van der Waals surface area contributed by atoms with Crippen LogP contribution >= 0.6 is 24.0 Å². The maximum absolute atomic E-state index is 13.3. The Kier molecular flexibility index (Phi) is 8.01. The lowest BCUT2D eigenvalue weighted by molar-refractivity contribution is 0.629. The number of benzene rings is 1. The van der Waals surface area contributed by atoms with Gasteiger partial charge < -0.3 is 20.2 Å². The van der Waals surface area contributed by atoms with E-state index in [0.717, 1.165) is 54.3 Å². The Morgan fingerprint density at radius 3 is 2.93 bits per heavy atom. The van der Waals surface area contributed by atoms with Gasteiger partial charge in [-0.1, -0.05) is 0 Å². The molecule has 3 rings (SSSR count). The molecule has 0 atom stereocenters. The number of H-pyrrole nitrogens is 1. The summed E-state index contributed by atoms with van der Waals surface area (Å²) in [7, 11) is 0. The number of aromatic nitrogens is 4. The molecule has 0 fully saturated rings. The van der Waals surface area contributed by atoms with Crippen molar-refractivity contribution in [1.29, 1.82) is 0 Å². The van der Waals surface area contributed by atoms with E-state index in [1.807, 2.05) is 30.7 Å². The van der Waals surface area contributed by atoms with Crippen molar-refractivity contribution < 1.29 is 4.39 Å². The van der Waals surface area contributed by atoms with Gasteiger partial charge in [0.05, 0.1) is 0 Å². The smallest absolute Gasteiger partial charge is 0.191 e. The Hall–Kier alpha value is -2.17. The lowest BCUT2D eigenvalue weighted by atomic mass is 10.1. The van der Waals surface area contributed by atoms with Crippen molar-refractivity contribution in [2.45, 2.75) is 33.4 Å². The molecule has 0 unspecified atom stereocenters. The Bertz CT molecular complexity index is 887. The summed E-state index contributed by atoms with van der Waals surface area (Å²) in [6.07, 6.45) is 4.45. The first-order valence-corrected chi connectivity index (χ1v) is 8.85. The Morgan fingerprint density at radius 2 is 2.15 bits per heavy atom. The van der Waals surface area contributed by atoms with E-state index in [2.05, 4.69) is 30.8 Å². The standard InChI is InChI=1S/C18H24FN7.HI/c1-3-20-18(23-11-17-25-24-12-26(17)4-2)21-8-7-13-10-22-16-9-14(19)5-6-15(13)16;/h5-6,9-10,12,22H,3-4,7-8,11H2,1-2H3,(H2,20,21,23);1H. The first-order valence-electron chi connectivity index (χ1n) is 8.85. The predicted octanol–water partition coefficient (Wildman–Crippen LogP) is 2.83. The monoisotopic (exact) mass is 485 g/mol. The fraction of sp³-hybridized carbons (Fsp3) is 0.389. The summed E-state index contributed by atoms with van der Waals surface area (Å²) in [6.45, 7) is 6.86. The van der Waals surface area contributed by atoms with Gasteiger partial charge in [-0.05, 0) is 44.0 Å². The van der Waals surface area contributed by atoms with Crippen molar-refractivity contribution >= 4 is 40.8 Å². The second-order valence-corrected chi connectivity index (χ2v) is 5.91. The molecule has 3 aromatic rings. The van der Waals surface area contributed by atoms with Crippen LogP contribution in [-0.4, -0.2) is 38.8 Å². The molecule has 9 heteroatoms. The quantitative estimate of drug-likeness (QED) is 0.273. The molecular formula is C18H25FIN7. The number of aryl methyl sites for hydroxylation is 1. The second kappa shape index (κ2) is 10.2. The maximum Gasteiger partial charge on any atom is 0.191 e. The lowest BCUT2D eigenvalue weighted by Crippen LogP contribution is -2.38. The largest absolute Gasteiger partial charge is 0.361 e. The molecule has 27 heavy (non-hydrogen) atoms. The van der Waals surface area contributed by atoms with Gasteiger partial charge in [-0.3, -0.25) is 0 Å². The summed E-state index contributed by atoms with van der Waals surface area (Å²) in [5.74, 6) is 1.35. The van der Waals surface area contributed by atoms with Gasteiger partial charge in [0.25, 0.3) is 0 Å². The van der Waals surface area contributed by atoms with Gasteiger partial charge in [0.2, 0.25) is 0 Å². The van der Waals surface area contributed by atoms with Gasteiger partial charge in [-0.25, -0.2) is 9.38 Å². The molecule has 2 heterocycles. The highest BCUT2D eigenvalue weighted by molar-refractivity contribution is 14.0. The summed E-state index contributed by atoms with van der Waals surface area (Å²) in [6, 6.07) is 4.82. The number of aromatic amines is 1. The zero-order valence-electron chi connectivity index (χ0n) is 15.5. The van der Waals surface area contributed by atoms with E-state index < -0.39 is 0 Å². The molecule has 0 amide bonds. The summed E-state index contributed by atoms with van der Waals surface area (Å²) >= 11 is 0. The highest BCUT2D eigenvalue weighted by atomic mass is 127. The molecule has 146 valence electrons. The number of halogens is 2. The Morgan fingerprint density at radius 1 is 1.30 bits per heavy atom. The van der Waals surface area contributed by atoms with Crippen LogP contribution in [0.5, 0.6) is 0 Å². The predicted molar refractivity (Wildman–Crippen MR) is 116 cm³/mol. The van der Waals surface area contributed by atoms with E-state index in [1.165, 1.54) is 12.1 Å².